The summed E-state index contributed by atoms with van der Waals surface area (Å²) in [6.07, 6.45) is 4.44. The summed E-state index contributed by atoms with van der Waals surface area (Å²) in [5.41, 5.74) is 5.42. The predicted octanol–water partition coefficient (Wildman–Crippen LogP) is 3.59. The summed E-state index contributed by atoms with van der Waals surface area (Å²) < 4.78 is 28.0. The molecular weight excluding hydrogens is 348 g/mol. The molecule has 142 valence electrons. The molecule has 0 saturated carbocycles. The molecule has 0 atom stereocenters. The Balaban J connectivity index is 1.44. The van der Waals surface area contributed by atoms with Crippen LogP contribution in [-0.2, 0) is 26.6 Å². The number of likely N-dealkylation sites (tertiary alicyclic amines) is 1. The summed E-state index contributed by atoms with van der Waals surface area (Å²) in [6.45, 7) is 3.08. The average Bonchev–Trinajstić information content (AvgIpc) is 2.99. The van der Waals surface area contributed by atoms with Gasteiger partial charge in [-0.2, -0.15) is 0 Å². The number of alkyl halides is 2. The van der Waals surface area contributed by atoms with Crippen molar-refractivity contribution in [1.82, 2.24) is 19.4 Å². The number of halogens is 2. The van der Waals surface area contributed by atoms with Gasteiger partial charge in [-0.1, -0.05) is 25.1 Å². The van der Waals surface area contributed by atoms with Crippen LogP contribution in [0.1, 0.15) is 23.6 Å². The van der Waals surface area contributed by atoms with Crippen molar-refractivity contribution in [2.24, 2.45) is 7.05 Å². The van der Waals surface area contributed by atoms with E-state index in [1.54, 1.807) is 17.4 Å². The van der Waals surface area contributed by atoms with Crippen molar-refractivity contribution in [3.05, 3.63) is 53.5 Å². The summed E-state index contributed by atoms with van der Waals surface area (Å²) in [4.78, 5) is 10.5. The number of aromatic nitrogens is 3. The molecule has 1 aliphatic rings. The summed E-state index contributed by atoms with van der Waals surface area (Å²) in [6, 6.07) is 8.24. The van der Waals surface area contributed by atoms with Gasteiger partial charge >= 0.3 is 0 Å². The molecule has 2 aromatic heterocycles. The van der Waals surface area contributed by atoms with E-state index in [0.29, 0.717) is 13.1 Å². The summed E-state index contributed by atoms with van der Waals surface area (Å²) in [5.74, 6) is -1.71. The Morgan fingerprint density at radius 2 is 1.96 bits per heavy atom. The van der Waals surface area contributed by atoms with Gasteiger partial charge in [0.2, 0.25) is 0 Å². The van der Waals surface area contributed by atoms with Gasteiger partial charge in [0.25, 0.3) is 5.92 Å². The van der Waals surface area contributed by atoms with Crippen LogP contribution in [0.2, 0.25) is 0 Å². The van der Waals surface area contributed by atoms with Crippen molar-refractivity contribution in [2.75, 3.05) is 18.4 Å². The molecule has 3 heterocycles. The molecule has 1 saturated heterocycles. The number of hydrogen-bond donors (Lipinski definition) is 1. The van der Waals surface area contributed by atoms with Gasteiger partial charge in [-0.15, -0.1) is 0 Å². The molecule has 1 N–H and O–H groups in total. The molecule has 7 heteroatoms. The van der Waals surface area contributed by atoms with Crippen molar-refractivity contribution in [3.8, 4) is 0 Å². The third kappa shape index (κ3) is 3.78. The van der Waals surface area contributed by atoms with Crippen molar-refractivity contribution in [2.45, 2.75) is 32.4 Å². The van der Waals surface area contributed by atoms with Gasteiger partial charge in [0.05, 0.1) is 31.1 Å². The first-order valence-electron chi connectivity index (χ1n) is 9.15. The maximum atomic E-state index is 13.0. The van der Waals surface area contributed by atoms with Crippen LogP contribution >= 0.6 is 0 Å². The first kappa shape index (κ1) is 17.9. The van der Waals surface area contributed by atoms with Gasteiger partial charge in [-0.3, -0.25) is 4.90 Å². The van der Waals surface area contributed by atoms with Crippen LogP contribution in [0.5, 0.6) is 0 Å². The van der Waals surface area contributed by atoms with Gasteiger partial charge in [-0.05, 0) is 23.1 Å². The standard InChI is InChI=1S/C20H23F2N5/c1-3-15-6-14(10-27-11-20(21,22)12-27)4-5-16(15)8-23-19-7-18-17(9-24-19)25-13-26(18)2/h4-7,9,13H,3,8,10-12H2,1-2H3,(H,23,24). The lowest BCUT2D eigenvalue weighted by Crippen LogP contribution is -2.55. The number of rotatable bonds is 6. The second kappa shape index (κ2) is 6.88. The Hall–Kier alpha value is -2.54. The minimum atomic E-state index is -2.51. The Labute approximate surface area is 157 Å². The lowest BCUT2D eigenvalue weighted by atomic mass is 10.0. The van der Waals surface area contributed by atoms with Crippen molar-refractivity contribution in [3.63, 3.8) is 0 Å². The van der Waals surface area contributed by atoms with E-state index in [1.807, 2.05) is 23.7 Å². The summed E-state index contributed by atoms with van der Waals surface area (Å²) in [5, 5.41) is 3.38. The van der Waals surface area contributed by atoms with Crippen LogP contribution < -0.4 is 5.32 Å². The average molecular weight is 371 g/mol. The van der Waals surface area contributed by atoms with Crippen LogP contribution in [0, 0.1) is 0 Å². The number of nitrogens with one attached hydrogen (secondary N) is 1. The molecule has 0 unspecified atom stereocenters. The smallest absolute Gasteiger partial charge is 0.272 e. The van der Waals surface area contributed by atoms with E-state index in [2.05, 4.69) is 34.3 Å². The molecule has 1 aromatic carbocycles. The molecule has 0 radical (unpaired) electrons. The largest absolute Gasteiger partial charge is 0.366 e. The number of benzene rings is 1. The van der Waals surface area contributed by atoms with E-state index in [1.165, 1.54) is 11.1 Å². The molecule has 27 heavy (non-hydrogen) atoms. The molecular formula is C20H23F2N5. The van der Waals surface area contributed by atoms with Crippen molar-refractivity contribution in [1.29, 1.82) is 0 Å². The Kier molecular flexibility index (Phi) is 4.55. The van der Waals surface area contributed by atoms with E-state index >= 15 is 0 Å². The third-order valence-corrected chi connectivity index (χ3v) is 5.04. The number of imidazole rings is 1. The monoisotopic (exact) mass is 371 g/mol. The highest BCUT2D eigenvalue weighted by Crippen LogP contribution is 2.28. The zero-order chi connectivity index (χ0) is 19.0. The minimum Gasteiger partial charge on any atom is -0.366 e. The zero-order valence-electron chi connectivity index (χ0n) is 15.5. The molecule has 1 fully saturated rings. The van der Waals surface area contributed by atoms with Crippen LogP contribution in [0.25, 0.3) is 11.0 Å². The molecule has 3 aromatic rings. The quantitative estimate of drug-likeness (QED) is 0.719. The van der Waals surface area contributed by atoms with E-state index in [4.69, 9.17) is 0 Å². The summed E-state index contributed by atoms with van der Waals surface area (Å²) >= 11 is 0. The summed E-state index contributed by atoms with van der Waals surface area (Å²) in [7, 11) is 1.96. The van der Waals surface area contributed by atoms with Crippen LogP contribution in [0.4, 0.5) is 14.6 Å². The van der Waals surface area contributed by atoms with E-state index < -0.39 is 5.92 Å². The van der Waals surface area contributed by atoms with Crippen LogP contribution in [-0.4, -0.2) is 38.4 Å². The second-order valence-electron chi connectivity index (χ2n) is 7.23. The Morgan fingerprint density at radius 1 is 1.15 bits per heavy atom. The molecule has 0 aliphatic carbocycles. The van der Waals surface area contributed by atoms with E-state index in [0.717, 1.165) is 28.8 Å². The van der Waals surface area contributed by atoms with Crippen LogP contribution in [0.3, 0.4) is 0 Å². The number of hydrogen-bond acceptors (Lipinski definition) is 4. The Morgan fingerprint density at radius 3 is 2.70 bits per heavy atom. The number of pyridine rings is 1. The number of nitrogens with zero attached hydrogens (tertiary/aromatic N) is 4. The zero-order valence-corrected chi connectivity index (χ0v) is 15.5. The lowest BCUT2D eigenvalue weighted by Gasteiger charge is -2.38. The third-order valence-electron chi connectivity index (χ3n) is 5.04. The minimum absolute atomic E-state index is 0.139. The Bertz CT molecular complexity index is 958. The molecule has 0 amide bonds. The molecule has 0 spiro atoms. The van der Waals surface area contributed by atoms with Crippen molar-refractivity contribution >= 4 is 16.9 Å². The van der Waals surface area contributed by atoms with E-state index in [9.17, 15) is 8.78 Å². The fraction of sp³-hybridized carbons (Fsp3) is 0.400. The van der Waals surface area contributed by atoms with Crippen molar-refractivity contribution < 1.29 is 8.78 Å². The second-order valence-corrected chi connectivity index (χ2v) is 7.23. The highest BCUT2D eigenvalue weighted by molar-refractivity contribution is 5.77. The predicted molar refractivity (Wildman–Crippen MR) is 102 cm³/mol. The number of aryl methyl sites for hydroxylation is 2. The maximum absolute atomic E-state index is 13.0. The highest BCUT2D eigenvalue weighted by Gasteiger charge is 2.43. The van der Waals surface area contributed by atoms with Gasteiger partial charge < -0.3 is 9.88 Å². The topological polar surface area (TPSA) is 46.0 Å². The maximum Gasteiger partial charge on any atom is 0.272 e. The van der Waals surface area contributed by atoms with Gasteiger partial charge in [-0.25, -0.2) is 18.7 Å². The number of fused-ring (bicyclic) bond motifs is 1. The first-order chi connectivity index (χ1) is 12.9. The molecule has 4 rings (SSSR count). The highest BCUT2D eigenvalue weighted by atomic mass is 19.3. The fourth-order valence-corrected chi connectivity index (χ4v) is 3.57. The molecule has 0 bridgehead atoms. The molecule has 1 aliphatic heterocycles. The normalized spacial score (nSPS) is 16.4. The van der Waals surface area contributed by atoms with Crippen LogP contribution in [0.15, 0.2) is 36.8 Å². The van der Waals surface area contributed by atoms with Gasteiger partial charge in [0.1, 0.15) is 11.3 Å². The fourth-order valence-electron chi connectivity index (χ4n) is 3.57. The van der Waals surface area contributed by atoms with Gasteiger partial charge in [0, 0.05) is 26.2 Å². The first-order valence-corrected chi connectivity index (χ1v) is 9.15. The lowest BCUT2D eigenvalue weighted by molar-refractivity contribution is -0.133. The number of anilines is 1. The van der Waals surface area contributed by atoms with Gasteiger partial charge in [0.15, 0.2) is 0 Å². The van der Waals surface area contributed by atoms with E-state index in [-0.39, 0.29) is 13.1 Å². The molecule has 5 nitrogen and oxygen atoms in total. The SMILES string of the molecule is CCc1cc(CN2CC(F)(F)C2)ccc1CNc1cc2c(cn1)ncn2C.